The highest BCUT2D eigenvalue weighted by Gasteiger charge is 2.20. The van der Waals surface area contributed by atoms with Crippen molar-refractivity contribution in [1.29, 1.82) is 0 Å². The Labute approximate surface area is 208 Å². The number of rotatable bonds is 11. The maximum absolute atomic E-state index is 13.1. The molecule has 1 N–H and O–H groups in total. The molecule has 0 saturated heterocycles. The number of hydrogen-bond donors (Lipinski definition) is 1. The minimum atomic E-state index is -0.0284. The summed E-state index contributed by atoms with van der Waals surface area (Å²) in [5.41, 5.74) is 3.40. The van der Waals surface area contributed by atoms with Gasteiger partial charge >= 0.3 is 0 Å². The first-order valence-electron chi connectivity index (χ1n) is 12.3. The molecule has 1 heterocycles. The fourth-order valence-corrected chi connectivity index (χ4v) is 4.43. The Hall–Kier alpha value is -3.79. The molecule has 0 bridgehead atoms. The van der Waals surface area contributed by atoms with E-state index in [9.17, 15) is 4.79 Å². The summed E-state index contributed by atoms with van der Waals surface area (Å²) >= 11 is 0. The third-order valence-electron chi connectivity index (χ3n) is 6.09. The minimum absolute atomic E-state index is 0.0284. The zero-order valence-electron chi connectivity index (χ0n) is 20.4. The molecule has 2 atom stereocenters. The first kappa shape index (κ1) is 24.3. The smallest absolute Gasteiger partial charge is 0.220 e. The van der Waals surface area contributed by atoms with Gasteiger partial charge in [-0.1, -0.05) is 72.8 Å². The van der Waals surface area contributed by atoms with Crippen LogP contribution >= 0.6 is 0 Å². The zero-order valence-corrected chi connectivity index (χ0v) is 20.4. The second-order valence-corrected chi connectivity index (χ2v) is 9.02. The normalized spacial score (nSPS) is 12.8. The van der Waals surface area contributed by atoms with Crippen LogP contribution in [0.4, 0.5) is 0 Å². The number of ether oxygens (including phenoxy) is 1. The van der Waals surface area contributed by atoms with Gasteiger partial charge in [-0.15, -0.1) is 0 Å². The lowest BCUT2D eigenvalue weighted by Crippen LogP contribution is -2.27. The van der Waals surface area contributed by atoms with E-state index < -0.39 is 0 Å². The molecule has 1 aromatic heterocycles. The largest absolute Gasteiger partial charge is 0.491 e. The number of amides is 1. The lowest BCUT2D eigenvalue weighted by Gasteiger charge is -2.20. The van der Waals surface area contributed by atoms with Crippen molar-refractivity contribution in [2.75, 3.05) is 6.54 Å². The van der Waals surface area contributed by atoms with E-state index in [0.29, 0.717) is 13.0 Å². The van der Waals surface area contributed by atoms with E-state index in [1.54, 1.807) is 6.26 Å². The maximum atomic E-state index is 13.1. The highest BCUT2D eigenvalue weighted by atomic mass is 16.5. The molecule has 0 aliphatic carbocycles. The van der Waals surface area contributed by atoms with E-state index in [1.165, 1.54) is 5.56 Å². The Morgan fingerprint density at radius 2 is 1.37 bits per heavy atom. The zero-order chi connectivity index (χ0) is 24.5. The van der Waals surface area contributed by atoms with E-state index >= 15 is 0 Å². The first-order chi connectivity index (χ1) is 17.1. The quantitative estimate of drug-likeness (QED) is 0.260. The molecule has 4 rings (SSSR count). The van der Waals surface area contributed by atoms with Gasteiger partial charge in [0, 0.05) is 24.8 Å². The molecule has 4 nitrogen and oxygen atoms in total. The SMILES string of the molecule is CC(C)Oc1ccc([C@H](CC(=O)NCC[C@@H](c2ccccc2)c2ccco2)c2ccccc2)cc1. The third kappa shape index (κ3) is 6.86. The van der Waals surface area contributed by atoms with E-state index in [-0.39, 0.29) is 23.8 Å². The van der Waals surface area contributed by atoms with Crippen LogP contribution in [0.1, 0.15) is 61.0 Å². The van der Waals surface area contributed by atoms with Gasteiger partial charge in [-0.25, -0.2) is 0 Å². The van der Waals surface area contributed by atoms with Crippen molar-refractivity contribution in [1.82, 2.24) is 5.32 Å². The van der Waals surface area contributed by atoms with Gasteiger partial charge in [-0.3, -0.25) is 4.79 Å². The maximum Gasteiger partial charge on any atom is 0.220 e. The van der Waals surface area contributed by atoms with Crippen molar-refractivity contribution < 1.29 is 13.9 Å². The number of carbonyl (C=O) groups is 1. The topological polar surface area (TPSA) is 51.5 Å². The van der Waals surface area contributed by atoms with Crippen molar-refractivity contribution in [3.05, 3.63) is 126 Å². The lowest BCUT2D eigenvalue weighted by atomic mass is 9.88. The van der Waals surface area contributed by atoms with Gasteiger partial charge in [0.25, 0.3) is 0 Å². The summed E-state index contributed by atoms with van der Waals surface area (Å²) in [7, 11) is 0. The van der Waals surface area contributed by atoms with Crippen molar-refractivity contribution in [2.24, 2.45) is 0 Å². The van der Waals surface area contributed by atoms with Crippen LogP contribution in [0.2, 0.25) is 0 Å². The highest BCUT2D eigenvalue weighted by molar-refractivity contribution is 5.77. The van der Waals surface area contributed by atoms with E-state index in [2.05, 4.69) is 41.7 Å². The van der Waals surface area contributed by atoms with Crippen LogP contribution in [0.25, 0.3) is 0 Å². The number of nitrogens with one attached hydrogen (secondary N) is 1. The number of hydrogen-bond acceptors (Lipinski definition) is 3. The van der Waals surface area contributed by atoms with Crippen LogP contribution in [0, 0.1) is 0 Å². The third-order valence-corrected chi connectivity index (χ3v) is 6.09. The number of furan rings is 1. The van der Waals surface area contributed by atoms with Crippen molar-refractivity contribution in [3.8, 4) is 5.75 Å². The summed E-state index contributed by atoms with van der Waals surface area (Å²) in [4.78, 5) is 13.1. The van der Waals surface area contributed by atoms with Gasteiger partial charge in [0.1, 0.15) is 11.5 Å². The highest BCUT2D eigenvalue weighted by Crippen LogP contribution is 2.30. The van der Waals surface area contributed by atoms with Gasteiger partial charge in [-0.05, 0) is 61.2 Å². The molecule has 0 aliphatic rings. The number of benzene rings is 3. The molecule has 1 amide bonds. The molecular formula is C31H33NO3. The van der Waals surface area contributed by atoms with Crippen LogP contribution in [0.5, 0.6) is 5.75 Å². The van der Waals surface area contributed by atoms with E-state index in [1.807, 2.05) is 74.5 Å². The van der Waals surface area contributed by atoms with Crippen LogP contribution in [0.3, 0.4) is 0 Å². The summed E-state index contributed by atoms with van der Waals surface area (Å²) in [6.45, 7) is 4.60. The van der Waals surface area contributed by atoms with Crippen molar-refractivity contribution in [3.63, 3.8) is 0 Å². The standard InChI is InChI=1S/C31H33NO3/c1-23(2)35-27-17-15-26(16-18-27)29(25-12-7-4-8-13-25)22-31(33)32-20-19-28(30-14-9-21-34-30)24-10-5-3-6-11-24/h3-18,21,23,28-29H,19-20,22H2,1-2H3,(H,32,33)/t28-,29+/m0/s1. The van der Waals surface area contributed by atoms with E-state index in [4.69, 9.17) is 9.15 Å². The average Bonchev–Trinajstić information content (AvgIpc) is 3.41. The Morgan fingerprint density at radius 3 is 1.94 bits per heavy atom. The Kier molecular flexibility index (Phi) is 8.39. The van der Waals surface area contributed by atoms with Crippen molar-refractivity contribution >= 4 is 5.91 Å². The molecule has 0 radical (unpaired) electrons. The van der Waals surface area contributed by atoms with Crippen LogP contribution in [0.15, 0.2) is 108 Å². The molecule has 4 aromatic rings. The van der Waals surface area contributed by atoms with Gasteiger partial charge in [0.15, 0.2) is 0 Å². The monoisotopic (exact) mass is 467 g/mol. The summed E-state index contributed by atoms with van der Waals surface area (Å²) in [6, 6.07) is 32.5. The summed E-state index contributed by atoms with van der Waals surface area (Å²) in [5.74, 6) is 1.86. The first-order valence-corrected chi connectivity index (χ1v) is 12.3. The van der Waals surface area contributed by atoms with Crippen LogP contribution in [-0.4, -0.2) is 18.6 Å². The number of carbonyl (C=O) groups excluding carboxylic acids is 1. The van der Waals surface area contributed by atoms with Crippen molar-refractivity contribution in [2.45, 2.75) is 44.6 Å². The Balaban J connectivity index is 1.42. The van der Waals surface area contributed by atoms with Gasteiger partial charge in [0.05, 0.1) is 12.4 Å². The van der Waals surface area contributed by atoms with Crippen LogP contribution in [-0.2, 0) is 4.79 Å². The second kappa shape index (κ2) is 12.1. The van der Waals surface area contributed by atoms with Gasteiger partial charge in [0.2, 0.25) is 5.91 Å². The van der Waals surface area contributed by atoms with Gasteiger partial charge in [-0.2, -0.15) is 0 Å². The van der Waals surface area contributed by atoms with E-state index in [0.717, 1.165) is 29.1 Å². The molecule has 0 unspecified atom stereocenters. The van der Waals surface area contributed by atoms with Crippen LogP contribution < -0.4 is 10.1 Å². The fourth-order valence-electron chi connectivity index (χ4n) is 4.43. The average molecular weight is 468 g/mol. The Morgan fingerprint density at radius 1 is 0.771 bits per heavy atom. The molecule has 4 heteroatoms. The Bertz CT molecular complexity index is 1150. The molecule has 35 heavy (non-hydrogen) atoms. The fraction of sp³-hybridized carbons (Fsp3) is 0.258. The summed E-state index contributed by atoms with van der Waals surface area (Å²) in [6.07, 6.45) is 2.97. The predicted molar refractivity (Wildman–Crippen MR) is 140 cm³/mol. The predicted octanol–water partition coefficient (Wildman–Crippen LogP) is 6.93. The van der Waals surface area contributed by atoms with Gasteiger partial charge < -0.3 is 14.5 Å². The molecule has 0 saturated carbocycles. The molecule has 0 fully saturated rings. The summed E-state index contributed by atoms with van der Waals surface area (Å²) < 4.78 is 11.5. The minimum Gasteiger partial charge on any atom is -0.491 e. The molecule has 3 aromatic carbocycles. The molecule has 180 valence electrons. The summed E-state index contributed by atoms with van der Waals surface area (Å²) in [5, 5.41) is 3.15. The second-order valence-electron chi connectivity index (χ2n) is 9.02. The molecule has 0 aliphatic heterocycles. The molecule has 0 spiro atoms. The molecular weight excluding hydrogens is 434 g/mol. The lowest BCUT2D eigenvalue weighted by molar-refractivity contribution is -0.121.